The van der Waals surface area contributed by atoms with Gasteiger partial charge in [-0.25, -0.2) is 4.79 Å². The Morgan fingerprint density at radius 1 is 1.16 bits per heavy atom. The fourth-order valence-electron chi connectivity index (χ4n) is 2.56. The number of ether oxygens (including phenoxy) is 2. The first-order valence-corrected chi connectivity index (χ1v) is 8.92. The Morgan fingerprint density at radius 2 is 1.80 bits per heavy atom. The number of esters is 1. The minimum absolute atomic E-state index is 0.0492. The summed E-state index contributed by atoms with van der Waals surface area (Å²) in [6.45, 7) is 10.3. The number of hydrogen-bond donors (Lipinski definition) is 2. The summed E-state index contributed by atoms with van der Waals surface area (Å²) in [5.74, 6) is -0.416. The third kappa shape index (κ3) is 6.48. The van der Waals surface area contributed by atoms with Gasteiger partial charge in [-0.2, -0.15) is 0 Å². The summed E-state index contributed by atoms with van der Waals surface area (Å²) < 4.78 is 10.4. The smallest absolute Gasteiger partial charge is 0.338 e. The molecule has 0 bridgehead atoms. The monoisotopic (exact) mass is 349 g/mol. The SMILES string of the molecule is CC(C)[C@@H](C)NC(=O)COC(=O)c1ccc(C[NH+]2CCOCC2)cc1. The van der Waals surface area contributed by atoms with E-state index in [-0.39, 0.29) is 18.6 Å². The zero-order chi connectivity index (χ0) is 18.2. The molecule has 1 fully saturated rings. The molecule has 1 aliphatic rings. The predicted molar refractivity (Wildman–Crippen MR) is 94.4 cm³/mol. The second kappa shape index (κ2) is 9.53. The molecule has 1 atom stereocenters. The van der Waals surface area contributed by atoms with Gasteiger partial charge in [0.25, 0.3) is 5.91 Å². The van der Waals surface area contributed by atoms with Crippen LogP contribution < -0.4 is 10.2 Å². The van der Waals surface area contributed by atoms with Crippen molar-refractivity contribution in [3.05, 3.63) is 35.4 Å². The topological polar surface area (TPSA) is 69.1 Å². The molecule has 6 nitrogen and oxygen atoms in total. The average Bonchev–Trinajstić information content (AvgIpc) is 2.61. The van der Waals surface area contributed by atoms with E-state index >= 15 is 0 Å². The lowest BCUT2D eigenvalue weighted by molar-refractivity contribution is -0.921. The third-order valence-corrected chi connectivity index (χ3v) is 4.57. The van der Waals surface area contributed by atoms with Gasteiger partial charge in [-0.15, -0.1) is 0 Å². The predicted octanol–water partition coefficient (Wildman–Crippen LogP) is 0.419. The highest BCUT2D eigenvalue weighted by Gasteiger charge is 2.16. The van der Waals surface area contributed by atoms with Crippen molar-refractivity contribution in [3.63, 3.8) is 0 Å². The number of morpholine rings is 1. The molecule has 2 rings (SSSR count). The molecule has 138 valence electrons. The zero-order valence-corrected chi connectivity index (χ0v) is 15.3. The van der Waals surface area contributed by atoms with Crippen LogP contribution in [0.5, 0.6) is 0 Å². The van der Waals surface area contributed by atoms with Crippen LogP contribution in [0.15, 0.2) is 24.3 Å². The highest BCUT2D eigenvalue weighted by molar-refractivity contribution is 5.91. The van der Waals surface area contributed by atoms with Gasteiger partial charge in [0, 0.05) is 11.6 Å². The van der Waals surface area contributed by atoms with Crippen molar-refractivity contribution in [1.82, 2.24) is 5.32 Å². The van der Waals surface area contributed by atoms with E-state index < -0.39 is 5.97 Å². The van der Waals surface area contributed by atoms with Crippen LogP contribution >= 0.6 is 0 Å². The molecule has 1 heterocycles. The average molecular weight is 349 g/mol. The second-order valence-corrected chi connectivity index (χ2v) is 6.91. The molecule has 6 heteroatoms. The van der Waals surface area contributed by atoms with Gasteiger partial charge >= 0.3 is 5.97 Å². The minimum Gasteiger partial charge on any atom is -0.452 e. The number of amides is 1. The van der Waals surface area contributed by atoms with Gasteiger partial charge in [0.2, 0.25) is 0 Å². The summed E-state index contributed by atoms with van der Waals surface area (Å²) in [6.07, 6.45) is 0. The van der Waals surface area contributed by atoms with Gasteiger partial charge < -0.3 is 19.7 Å². The molecule has 0 unspecified atom stereocenters. The van der Waals surface area contributed by atoms with Crippen molar-refractivity contribution >= 4 is 11.9 Å². The number of benzene rings is 1. The molecule has 0 spiro atoms. The Balaban J connectivity index is 1.78. The normalized spacial score (nSPS) is 16.5. The van der Waals surface area contributed by atoms with Crippen molar-refractivity contribution in [1.29, 1.82) is 0 Å². The quantitative estimate of drug-likeness (QED) is 0.700. The Kier molecular flexibility index (Phi) is 7.40. The van der Waals surface area contributed by atoms with Crippen LogP contribution in [0.4, 0.5) is 0 Å². The number of carbonyl (C=O) groups is 2. The molecule has 0 aliphatic carbocycles. The van der Waals surface area contributed by atoms with E-state index in [1.54, 1.807) is 12.1 Å². The lowest BCUT2D eigenvalue weighted by Gasteiger charge is -2.23. The Hall–Kier alpha value is -1.92. The van der Waals surface area contributed by atoms with Crippen LogP contribution in [0.2, 0.25) is 0 Å². The zero-order valence-electron chi connectivity index (χ0n) is 15.3. The second-order valence-electron chi connectivity index (χ2n) is 6.91. The molecule has 2 N–H and O–H groups in total. The maximum Gasteiger partial charge on any atom is 0.338 e. The third-order valence-electron chi connectivity index (χ3n) is 4.57. The van der Waals surface area contributed by atoms with Crippen LogP contribution in [-0.2, 0) is 20.8 Å². The van der Waals surface area contributed by atoms with Crippen molar-refractivity contribution in [2.75, 3.05) is 32.9 Å². The first kappa shape index (κ1) is 19.4. The van der Waals surface area contributed by atoms with Gasteiger partial charge in [0.15, 0.2) is 6.61 Å². The summed E-state index contributed by atoms with van der Waals surface area (Å²) in [4.78, 5) is 25.3. The first-order chi connectivity index (χ1) is 12.0. The highest BCUT2D eigenvalue weighted by atomic mass is 16.5. The van der Waals surface area contributed by atoms with E-state index in [2.05, 4.69) is 5.32 Å². The maximum atomic E-state index is 12.0. The summed E-state index contributed by atoms with van der Waals surface area (Å²) in [5, 5.41) is 2.81. The van der Waals surface area contributed by atoms with Gasteiger partial charge in [0.05, 0.1) is 18.8 Å². The standard InChI is InChI=1S/C19H28N2O4/c1-14(2)15(3)20-18(22)13-25-19(23)17-6-4-16(5-7-17)12-21-8-10-24-11-9-21/h4-7,14-15H,8-13H2,1-3H3,(H,20,22)/p+1/t15-/m1/s1. The lowest BCUT2D eigenvalue weighted by Crippen LogP contribution is -3.12. The minimum atomic E-state index is -0.474. The maximum absolute atomic E-state index is 12.0. The number of quaternary nitrogens is 1. The molecule has 0 radical (unpaired) electrons. The fraction of sp³-hybridized carbons (Fsp3) is 0.579. The Bertz CT molecular complexity index is 565. The molecule has 1 aromatic carbocycles. The van der Waals surface area contributed by atoms with Crippen LogP contribution in [0, 0.1) is 5.92 Å². The molecular weight excluding hydrogens is 320 g/mol. The molecule has 1 aromatic rings. The van der Waals surface area contributed by atoms with Crippen molar-refractivity contribution in [2.24, 2.45) is 5.92 Å². The summed E-state index contributed by atoms with van der Waals surface area (Å²) >= 11 is 0. The molecule has 1 aliphatic heterocycles. The number of nitrogens with one attached hydrogen (secondary N) is 2. The molecular formula is C19H29N2O4+. The van der Waals surface area contributed by atoms with Gasteiger partial charge in [-0.05, 0) is 25.0 Å². The summed E-state index contributed by atoms with van der Waals surface area (Å²) in [5.41, 5.74) is 1.64. The summed E-state index contributed by atoms with van der Waals surface area (Å²) in [7, 11) is 0. The summed E-state index contributed by atoms with van der Waals surface area (Å²) in [6, 6.07) is 7.45. The van der Waals surface area contributed by atoms with E-state index in [4.69, 9.17) is 9.47 Å². The first-order valence-electron chi connectivity index (χ1n) is 8.92. The lowest BCUT2D eigenvalue weighted by atomic mass is 10.1. The van der Waals surface area contributed by atoms with Gasteiger partial charge in [-0.1, -0.05) is 26.0 Å². The number of hydrogen-bond acceptors (Lipinski definition) is 4. The molecule has 0 aromatic heterocycles. The van der Waals surface area contributed by atoms with E-state index in [1.807, 2.05) is 32.9 Å². The van der Waals surface area contributed by atoms with Crippen molar-refractivity contribution in [3.8, 4) is 0 Å². The number of rotatable bonds is 7. The van der Waals surface area contributed by atoms with Gasteiger partial charge in [-0.3, -0.25) is 4.79 Å². The molecule has 25 heavy (non-hydrogen) atoms. The van der Waals surface area contributed by atoms with Crippen LogP contribution in [0.25, 0.3) is 0 Å². The van der Waals surface area contributed by atoms with Gasteiger partial charge in [0.1, 0.15) is 19.6 Å². The van der Waals surface area contributed by atoms with Crippen molar-refractivity contribution < 1.29 is 24.0 Å². The van der Waals surface area contributed by atoms with E-state index in [0.717, 1.165) is 32.8 Å². The molecule has 1 amide bonds. The number of carbonyl (C=O) groups excluding carboxylic acids is 2. The molecule has 0 saturated carbocycles. The fourth-order valence-corrected chi connectivity index (χ4v) is 2.56. The van der Waals surface area contributed by atoms with Crippen LogP contribution in [0.1, 0.15) is 36.7 Å². The van der Waals surface area contributed by atoms with Crippen LogP contribution in [-0.4, -0.2) is 50.8 Å². The largest absolute Gasteiger partial charge is 0.452 e. The Labute approximate surface area is 149 Å². The van der Waals surface area contributed by atoms with Crippen LogP contribution in [0.3, 0.4) is 0 Å². The highest BCUT2D eigenvalue weighted by Crippen LogP contribution is 2.06. The van der Waals surface area contributed by atoms with E-state index in [9.17, 15) is 9.59 Å². The Morgan fingerprint density at radius 3 is 2.40 bits per heavy atom. The van der Waals surface area contributed by atoms with E-state index in [1.165, 1.54) is 10.5 Å². The van der Waals surface area contributed by atoms with Crippen molar-refractivity contribution in [2.45, 2.75) is 33.4 Å². The van der Waals surface area contributed by atoms with E-state index in [0.29, 0.717) is 11.5 Å². The molecule has 1 saturated heterocycles.